The van der Waals surface area contributed by atoms with E-state index in [1.807, 2.05) is 67.6 Å². The lowest BCUT2D eigenvalue weighted by molar-refractivity contribution is -0.114. The van der Waals surface area contributed by atoms with Gasteiger partial charge in [0.05, 0.1) is 13.2 Å². The number of rotatable bonds is 9. The van der Waals surface area contributed by atoms with Gasteiger partial charge in [-0.3, -0.25) is 4.79 Å². The number of amides is 1. The van der Waals surface area contributed by atoms with Crippen molar-refractivity contribution in [3.63, 3.8) is 0 Å². The van der Waals surface area contributed by atoms with Crippen LogP contribution >= 0.6 is 0 Å². The van der Waals surface area contributed by atoms with Crippen LogP contribution in [0.2, 0.25) is 0 Å². The molecule has 0 spiro atoms. The molecule has 0 aliphatic carbocycles. The SMILES string of the molecule is CCc1cccc(C)c1NC(=O)CNc1ccc(OCCc2ccccc2)cc1. The molecule has 0 aliphatic heterocycles. The minimum Gasteiger partial charge on any atom is -0.493 e. The summed E-state index contributed by atoms with van der Waals surface area (Å²) in [5.74, 6) is 0.764. The van der Waals surface area contributed by atoms with Crippen molar-refractivity contribution >= 4 is 17.3 Å². The standard InChI is InChI=1S/C25H28N2O2/c1-3-21-11-7-8-19(2)25(21)27-24(28)18-26-22-12-14-23(15-13-22)29-17-16-20-9-5-4-6-10-20/h4-15,26H,3,16-18H2,1-2H3,(H,27,28). The number of nitrogens with one attached hydrogen (secondary N) is 2. The summed E-state index contributed by atoms with van der Waals surface area (Å²) in [6, 6.07) is 24.1. The first-order valence-electron chi connectivity index (χ1n) is 10.0. The Morgan fingerprint density at radius 2 is 1.69 bits per heavy atom. The van der Waals surface area contributed by atoms with E-state index in [2.05, 4.69) is 29.7 Å². The second-order valence-corrected chi connectivity index (χ2v) is 6.97. The lowest BCUT2D eigenvalue weighted by Gasteiger charge is -2.14. The van der Waals surface area contributed by atoms with Crippen molar-refractivity contribution in [2.24, 2.45) is 0 Å². The zero-order valence-corrected chi connectivity index (χ0v) is 17.1. The molecule has 150 valence electrons. The number of hydrogen-bond donors (Lipinski definition) is 2. The van der Waals surface area contributed by atoms with E-state index < -0.39 is 0 Å². The monoisotopic (exact) mass is 388 g/mol. The summed E-state index contributed by atoms with van der Waals surface area (Å²) in [7, 11) is 0. The average Bonchev–Trinajstić information content (AvgIpc) is 2.75. The maximum absolute atomic E-state index is 12.4. The predicted octanol–water partition coefficient (Wildman–Crippen LogP) is 5.23. The summed E-state index contributed by atoms with van der Waals surface area (Å²) in [5, 5.41) is 6.19. The molecule has 4 nitrogen and oxygen atoms in total. The van der Waals surface area contributed by atoms with Crippen LogP contribution in [0.25, 0.3) is 0 Å². The lowest BCUT2D eigenvalue weighted by atomic mass is 10.1. The maximum Gasteiger partial charge on any atom is 0.243 e. The van der Waals surface area contributed by atoms with Gasteiger partial charge >= 0.3 is 0 Å². The van der Waals surface area contributed by atoms with Gasteiger partial charge in [0.15, 0.2) is 0 Å². The van der Waals surface area contributed by atoms with Crippen molar-refractivity contribution in [2.75, 3.05) is 23.8 Å². The molecule has 1 amide bonds. The van der Waals surface area contributed by atoms with E-state index in [0.717, 1.165) is 41.1 Å². The Bertz CT molecular complexity index is 921. The number of hydrogen-bond acceptors (Lipinski definition) is 3. The third-order valence-electron chi connectivity index (χ3n) is 4.81. The van der Waals surface area contributed by atoms with E-state index in [4.69, 9.17) is 4.74 Å². The maximum atomic E-state index is 12.4. The molecule has 0 bridgehead atoms. The molecule has 3 rings (SSSR count). The molecule has 0 fully saturated rings. The van der Waals surface area contributed by atoms with Crippen molar-refractivity contribution in [1.82, 2.24) is 0 Å². The van der Waals surface area contributed by atoms with Crippen molar-refractivity contribution in [3.05, 3.63) is 89.5 Å². The molecule has 0 aromatic heterocycles. The molecule has 0 saturated heterocycles. The third-order valence-corrected chi connectivity index (χ3v) is 4.81. The fourth-order valence-corrected chi connectivity index (χ4v) is 3.17. The van der Waals surface area contributed by atoms with Gasteiger partial charge in [0.2, 0.25) is 5.91 Å². The highest BCUT2D eigenvalue weighted by Gasteiger charge is 2.08. The summed E-state index contributed by atoms with van der Waals surface area (Å²) < 4.78 is 5.80. The van der Waals surface area contributed by atoms with E-state index in [0.29, 0.717) is 6.61 Å². The largest absolute Gasteiger partial charge is 0.493 e. The van der Waals surface area contributed by atoms with Crippen LogP contribution in [0.5, 0.6) is 5.75 Å². The average molecular weight is 389 g/mol. The minimum absolute atomic E-state index is 0.0582. The first-order chi connectivity index (χ1) is 14.2. The third kappa shape index (κ3) is 6.11. The molecule has 0 unspecified atom stereocenters. The van der Waals surface area contributed by atoms with Gasteiger partial charge in [0.1, 0.15) is 5.75 Å². The normalized spacial score (nSPS) is 10.4. The molecule has 4 heteroatoms. The Morgan fingerprint density at radius 3 is 2.41 bits per heavy atom. The van der Waals surface area contributed by atoms with Crippen LogP contribution in [0, 0.1) is 6.92 Å². The van der Waals surface area contributed by atoms with Crippen molar-refractivity contribution in [2.45, 2.75) is 26.7 Å². The quantitative estimate of drug-likeness (QED) is 0.528. The second kappa shape index (κ2) is 10.3. The Kier molecular flexibility index (Phi) is 7.28. The number of benzene rings is 3. The zero-order chi connectivity index (χ0) is 20.5. The van der Waals surface area contributed by atoms with Crippen LogP contribution in [0.15, 0.2) is 72.8 Å². The molecule has 0 aliphatic rings. The van der Waals surface area contributed by atoms with E-state index in [9.17, 15) is 4.79 Å². The van der Waals surface area contributed by atoms with Gasteiger partial charge in [-0.25, -0.2) is 0 Å². The summed E-state index contributed by atoms with van der Waals surface area (Å²) in [6.45, 7) is 4.95. The Balaban J connectivity index is 1.46. The van der Waals surface area contributed by atoms with E-state index in [1.54, 1.807) is 0 Å². The summed E-state index contributed by atoms with van der Waals surface area (Å²) in [6.07, 6.45) is 1.76. The second-order valence-electron chi connectivity index (χ2n) is 6.97. The molecule has 0 saturated carbocycles. The van der Waals surface area contributed by atoms with Crippen LogP contribution in [0.3, 0.4) is 0 Å². The Labute approximate surface area is 172 Å². The van der Waals surface area contributed by atoms with Crippen LogP contribution in [-0.4, -0.2) is 19.1 Å². The fraction of sp³-hybridized carbons (Fsp3) is 0.240. The summed E-state index contributed by atoms with van der Waals surface area (Å²) in [5.41, 5.74) is 5.29. The topological polar surface area (TPSA) is 50.4 Å². The lowest BCUT2D eigenvalue weighted by Crippen LogP contribution is -2.22. The van der Waals surface area contributed by atoms with Gasteiger partial charge < -0.3 is 15.4 Å². The molecule has 3 aromatic rings. The van der Waals surface area contributed by atoms with Crippen molar-refractivity contribution < 1.29 is 9.53 Å². The van der Waals surface area contributed by atoms with E-state index in [1.165, 1.54) is 5.56 Å². The number of anilines is 2. The number of carbonyl (C=O) groups excluding carboxylic acids is 1. The van der Waals surface area contributed by atoms with Gasteiger partial charge in [-0.2, -0.15) is 0 Å². The molecule has 0 atom stereocenters. The Hall–Kier alpha value is -3.27. The smallest absolute Gasteiger partial charge is 0.243 e. The summed E-state index contributed by atoms with van der Waals surface area (Å²) in [4.78, 5) is 12.4. The van der Waals surface area contributed by atoms with Crippen molar-refractivity contribution in [1.29, 1.82) is 0 Å². The van der Waals surface area contributed by atoms with Crippen LogP contribution < -0.4 is 15.4 Å². The molecule has 0 heterocycles. The van der Waals surface area contributed by atoms with E-state index in [-0.39, 0.29) is 12.5 Å². The fourth-order valence-electron chi connectivity index (χ4n) is 3.17. The molecular formula is C25H28N2O2. The summed E-state index contributed by atoms with van der Waals surface area (Å²) >= 11 is 0. The van der Waals surface area contributed by atoms with Crippen molar-refractivity contribution in [3.8, 4) is 5.75 Å². The minimum atomic E-state index is -0.0582. The number of para-hydroxylation sites is 1. The first kappa shape index (κ1) is 20.5. The number of carbonyl (C=O) groups is 1. The number of aryl methyl sites for hydroxylation is 2. The van der Waals surface area contributed by atoms with Crippen LogP contribution in [0.1, 0.15) is 23.6 Å². The zero-order valence-electron chi connectivity index (χ0n) is 17.1. The number of ether oxygens (including phenoxy) is 1. The molecule has 29 heavy (non-hydrogen) atoms. The predicted molar refractivity (Wildman–Crippen MR) is 120 cm³/mol. The molecule has 0 radical (unpaired) electrons. The van der Waals surface area contributed by atoms with Gasteiger partial charge in [-0.1, -0.05) is 55.5 Å². The first-order valence-corrected chi connectivity index (χ1v) is 10.0. The van der Waals surface area contributed by atoms with Gasteiger partial charge in [0.25, 0.3) is 0 Å². The van der Waals surface area contributed by atoms with Gasteiger partial charge in [-0.15, -0.1) is 0 Å². The van der Waals surface area contributed by atoms with Crippen LogP contribution in [-0.2, 0) is 17.6 Å². The highest BCUT2D eigenvalue weighted by Crippen LogP contribution is 2.21. The van der Waals surface area contributed by atoms with E-state index >= 15 is 0 Å². The molecular weight excluding hydrogens is 360 g/mol. The van der Waals surface area contributed by atoms with Crippen LogP contribution in [0.4, 0.5) is 11.4 Å². The molecule has 2 N–H and O–H groups in total. The van der Waals surface area contributed by atoms with Gasteiger partial charge in [-0.05, 0) is 54.3 Å². The Morgan fingerprint density at radius 1 is 0.931 bits per heavy atom. The highest BCUT2D eigenvalue weighted by molar-refractivity contribution is 5.95. The highest BCUT2D eigenvalue weighted by atomic mass is 16.5. The molecule has 3 aromatic carbocycles. The van der Waals surface area contributed by atoms with Gasteiger partial charge in [0, 0.05) is 17.8 Å².